The van der Waals surface area contributed by atoms with Crippen LogP contribution >= 0.6 is 11.3 Å². The van der Waals surface area contributed by atoms with E-state index in [-0.39, 0.29) is 5.91 Å². The van der Waals surface area contributed by atoms with Crippen molar-refractivity contribution >= 4 is 28.9 Å². The van der Waals surface area contributed by atoms with Gasteiger partial charge in [-0.25, -0.2) is 9.78 Å². The van der Waals surface area contributed by atoms with Crippen LogP contribution in [0.1, 0.15) is 25.6 Å². The van der Waals surface area contributed by atoms with Crippen LogP contribution in [0.5, 0.6) is 0 Å². The molecular formula is C25H20N2O3S. The molecule has 3 aromatic carbocycles. The summed E-state index contributed by atoms with van der Waals surface area (Å²) in [4.78, 5) is 30.2. The molecule has 0 fully saturated rings. The van der Waals surface area contributed by atoms with Crippen LogP contribution < -0.4 is 5.32 Å². The number of nitrogens with zero attached hydrogens (tertiary/aromatic N) is 1. The maximum absolute atomic E-state index is 12.6. The summed E-state index contributed by atoms with van der Waals surface area (Å²) in [6.07, 6.45) is 0. The Hall–Kier alpha value is -3.77. The van der Waals surface area contributed by atoms with Crippen molar-refractivity contribution in [3.05, 3.63) is 94.9 Å². The average molecular weight is 429 g/mol. The van der Waals surface area contributed by atoms with Crippen molar-refractivity contribution in [1.29, 1.82) is 0 Å². The number of anilines is 1. The van der Waals surface area contributed by atoms with Crippen molar-refractivity contribution in [2.45, 2.75) is 6.92 Å². The van der Waals surface area contributed by atoms with Gasteiger partial charge in [0, 0.05) is 27.3 Å². The fraction of sp³-hybridized carbons (Fsp3) is 0.0800. The number of ether oxygens (including phenoxy) is 1. The van der Waals surface area contributed by atoms with Gasteiger partial charge in [0.05, 0.1) is 18.4 Å². The lowest BCUT2D eigenvalue weighted by atomic mass is 10.1. The first-order valence-corrected chi connectivity index (χ1v) is 10.5. The maximum Gasteiger partial charge on any atom is 0.337 e. The third-order valence-corrected chi connectivity index (χ3v) is 5.80. The quantitative estimate of drug-likeness (QED) is 0.407. The predicted molar refractivity (Wildman–Crippen MR) is 123 cm³/mol. The van der Waals surface area contributed by atoms with Crippen LogP contribution in [0.2, 0.25) is 0 Å². The van der Waals surface area contributed by atoms with Gasteiger partial charge >= 0.3 is 5.97 Å². The lowest BCUT2D eigenvalue weighted by Crippen LogP contribution is -2.13. The van der Waals surface area contributed by atoms with Crippen LogP contribution in [0, 0.1) is 6.92 Å². The van der Waals surface area contributed by atoms with Crippen LogP contribution in [0.25, 0.3) is 21.8 Å². The monoisotopic (exact) mass is 428 g/mol. The molecule has 31 heavy (non-hydrogen) atoms. The number of carbonyl (C=O) groups excluding carboxylic acids is 2. The topological polar surface area (TPSA) is 68.3 Å². The Balaban J connectivity index is 1.51. The molecular weight excluding hydrogens is 408 g/mol. The summed E-state index contributed by atoms with van der Waals surface area (Å²) in [7, 11) is 1.31. The second-order valence-electron chi connectivity index (χ2n) is 6.89. The van der Waals surface area contributed by atoms with Crippen LogP contribution in [0.4, 0.5) is 5.69 Å². The highest BCUT2D eigenvalue weighted by Crippen LogP contribution is 2.33. The Morgan fingerprint density at radius 3 is 2.29 bits per heavy atom. The van der Waals surface area contributed by atoms with E-state index in [1.54, 1.807) is 29.5 Å². The molecule has 0 unspecified atom stereocenters. The molecule has 1 heterocycles. The minimum Gasteiger partial charge on any atom is -0.465 e. The van der Waals surface area contributed by atoms with Gasteiger partial charge in [0.15, 0.2) is 0 Å². The Morgan fingerprint density at radius 1 is 0.871 bits per heavy atom. The average Bonchev–Trinajstić information content (AvgIpc) is 3.21. The van der Waals surface area contributed by atoms with Gasteiger partial charge < -0.3 is 10.1 Å². The summed E-state index contributed by atoms with van der Waals surface area (Å²) >= 11 is 1.66. The fourth-order valence-corrected chi connectivity index (χ4v) is 4.13. The second kappa shape index (κ2) is 8.93. The summed E-state index contributed by atoms with van der Waals surface area (Å²) in [6.45, 7) is 2.06. The van der Waals surface area contributed by atoms with E-state index in [4.69, 9.17) is 9.72 Å². The number of hydrogen-bond acceptors (Lipinski definition) is 5. The van der Waals surface area contributed by atoms with Gasteiger partial charge in [-0.05, 0) is 37.3 Å². The SMILES string of the molecule is COC(=O)c1cccc(C(=O)Nc2ccc(-c3nc(-c4ccccc4)sc3C)cc2)c1. The van der Waals surface area contributed by atoms with Crippen LogP contribution in [-0.2, 0) is 4.74 Å². The van der Waals surface area contributed by atoms with Crippen molar-refractivity contribution in [2.24, 2.45) is 0 Å². The molecule has 0 saturated carbocycles. The number of aryl methyl sites for hydroxylation is 1. The molecule has 6 heteroatoms. The van der Waals surface area contributed by atoms with Gasteiger partial charge in [0.1, 0.15) is 5.01 Å². The molecule has 1 aromatic heterocycles. The summed E-state index contributed by atoms with van der Waals surface area (Å²) in [5.74, 6) is -0.776. The summed E-state index contributed by atoms with van der Waals surface area (Å²) in [6, 6.07) is 24.1. The summed E-state index contributed by atoms with van der Waals surface area (Å²) < 4.78 is 4.71. The third-order valence-electron chi connectivity index (χ3n) is 4.78. The maximum atomic E-state index is 12.6. The number of benzene rings is 3. The molecule has 0 aliphatic rings. The fourth-order valence-electron chi connectivity index (χ4n) is 3.19. The molecule has 154 valence electrons. The molecule has 1 amide bonds. The zero-order chi connectivity index (χ0) is 21.8. The molecule has 0 saturated heterocycles. The standard InChI is InChI=1S/C25H20N2O3S/c1-16-22(27-24(31-16)18-7-4-3-5-8-18)17-11-13-21(14-12-17)26-23(28)19-9-6-10-20(15-19)25(29)30-2/h3-15H,1-2H3,(H,26,28). The number of rotatable bonds is 5. The van der Waals surface area contributed by atoms with Crippen molar-refractivity contribution in [3.8, 4) is 21.8 Å². The van der Waals surface area contributed by atoms with E-state index in [2.05, 4.69) is 24.4 Å². The highest BCUT2D eigenvalue weighted by atomic mass is 32.1. The third kappa shape index (κ3) is 4.54. The number of thiazole rings is 1. The number of esters is 1. The van der Waals surface area contributed by atoms with Crippen LogP contribution in [0.15, 0.2) is 78.9 Å². The first-order valence-electron chi connectivity index (χ1n) is 9.68. The molecule has 4 aromatic rings. The highest BCUT2D eigenvalue weighted by molar-refractivity contribution is 7.15. The van der Waals surface area contributed by atoms with E-state index >= 15 is 0 Å². The van der Waals surface area contributed by atoms with Crippen molar-refractivity contribution in [2.75, 3.05) is 12.4 Å². The Labute approximate surface area is 184 Å². The molecule has 0 aliphatic heterocycles. The molecule has 0 bridgehead atoms. The number of hydrogen-bond donors (Lipinski definition) is 1. The smallest absolute Gasteiger partial charge is 0.337 e. The van der Waals surface area contributed by atoms with E-state index in [9.17, 15) is 9.59 Å². The van der Waals surface area contributed by atoms with Gasteiger partial charge in [0.2, 0.25) is 0 Å². The normalized spacial score (nSPS) is 10.5. The van der Waals surface area contributed by atoms with E-state index < -0.39 is 5.97 Å². The molecule has 0 aliphatic carbocycles. The molecule has 5 nitrogen and oxygen atoms in total. The van der Waals surface area contributed by atoms with Crippen LogP contribution in [-0.4, -0.2) is 24.0 Å². The van der Waals surface area contributed by atoms with Gasteiger partial charge in [0.25, 0.3) is 5.91 Å². The first kappa shape index (κ1) is 20.5. The lowest BCUT2D eigenvalue weighted by molar-refractivity contribution is 0.0600. The van der Waals surface area contributed by atoms with Crippen molar-refractivity contribution < 1.29 is 14.3 Å². The first-order chi connectivity index (χ1) is 15.0. The summed E-state index contributed by atoms with van der Waals surface area (Å²) in [5, 5.41) is 3.84. The van der Waals surface area contributed by atoms with E-state index in [1.807, 2.05) is 42.5 Å². The highest BCUT2D eigenvalue weighted by Gasteiger charge is 2.13. The minimum absolute atomic E-state index is 0.297. The number of carbonyl (C=O) groups is 2. The molecule has 1 N–H and O–H groups in total. The van der Waals surface area contributed by atoms with Crippen molar-refractivity contribution in [3.63, 3.8) is 0 Å². The Kier molecular flexibility index (Phi) is 5.91. The number of aromatic nitrogens is 1. The van der Waals surface area contributed by atoms with E-state index in [0.717, 1.165) is 26.7 Å². The zero-order valence-corrected chi connectivity index (χ0v) is 17.9. The van der Waals surface area contributed by atoms with Gasteiger partial charge in [-0.3, -0.25) is 4.79 Å². The van der Waals surface area contributed by atoms with Gasteiger partial charge in [-0.1, -0.05) is 48.5 Å². The molecule has 4 rings (SSSR count). The summed E-state index contributed by atoms with van der Waals surface area (Å²) in [5.41, 5.74) is 4.40. The van der Waals surface area contributed by atoms with E-state index in [1.165, 1.54) is 13.2 Å². The second-order valence-corrected chi connectivity index (χ2v) is 8.10. The predicted octanol–water partition coefficient (Wildman–Crippen LogP) is 5.82. The van der Waals surface area contributed by atoms with Gasteiger partial charge in [-0.2, -0.15) is 0 Å². The largest absolute Gasteiger partial charge is 0.465 e. The molecule has 0 atom stereocenters. The Morgan fingerprint density at radius 2 is 1.58 bits per heavy atom. The zero-order valence-electron chi connectivity index (χ0n) is 17.1. The number of methoxy groups -OCH3 is 1. The van der Waals surface area contributed by atoms with Crippen LogP contribution in [0.3, 0.4) is 0 Å². The lowest BCUT2D eigenvalue weighted by Gasteiger charge is -2.07. The van der Waals surface area contributed by atoms with E-state index in [0.29, 0.717) is 16.8 Å². The minimum atomic E-state index is -0.479. The van der Waals surface area contributed by atoms with Gasteiger partial charge in [-0.15, -0.1) is 11.3 Å². The number of nitrogens with one attached hydrogen (secondary N) is 1. The van der Waals surface area contributed by atoms with Crippen molar-refractivity contribution in [1.82, 2.24) is 4.98 Å². The Bertz CT molecular complexity index is 1230. The molecule has 0 radical (unpaired) electrons. The number of amides is 1. The molecule has 0 spiro atoms.